The lowest BCUT2D eigenvalue weighted by Crippen LogP contribution is -2.63. The number of benzene rings is 1. The van der Waals surface area contributed by atoms with Crippen molar-refractivity contribution in [3.63, 3.8) is 0 Å². The monoisotopic (exact) mass is 331 g/mol. The van der Waals surface area contributed by atoms with E-state index in [1.54, 1.807) is 17.8 Å². The zero-order valence-corrected chi connectivity index (χ0v) is 14.1. The smallest absolute Gasteiger partial charge is 0.347 e. The van der Waals surface area contributed by atoms with E-state index in [0.29, 0.717) is 13.0 Å². The van der Waals surface area contributed by atoms with Gasteiger partial charge in [0.1, 0.15) is 12.0 Å². The Morgan fingerprint density at radius 1 is 1.33 bits per heavy atom. The first-order valence-corrected chi connectivity index (χ1v) is 8.46. The molecule has 3 rings (SSSR count). The summed E-state index contributed by atoms with van der Waals surface area (Å²) in [6.07, 6.45) is 1.57. The van der Waals surface area contributed by atoms with Crippen LogP contribution in [0.4, 0.5) is 0 Å². The van der Waals surface area contributed by atoms with Crippen LogP contribution >= 0.6 is 0 Å². The van der Waals surface area contributed by atoms with Crippen molar-refractivity contribution in [3.05, 3.63) is 52.7 Å². The second kappa shape index (κ2) is 6.88. The zero-order valence-electron chi connectivity index (χ0n) is 14.1. The Balaban J connectivity index is 2.10. The molecule has 0 saturated carbocycles. The number of nitrogens with zero attached hydrogens (tertiary/aromatic N) is 3. The van der Waals surface area contributed by atoms with Crippen molar-refractivity contribution in [2.75, 3.05) is 19.6 Å². The van der Waals surface area contributed by atoms with Crippen LogP contribution in [0.5, 0.6) is 0 Å². The van der Waals surface area contributed by atoms with Crippen LogP contribution in [-0.4, -0.2) is 45.2 Å². The fourth-order valence-corrected chi connectivity index (χ4v) is 3.44. The molecule has 0 bridgehead atoms. The first kappa shape index (κ1) is 16.9. The Hall–Kier alpha value is -1.96. The van der Waals surface area contributed by atoms with Crippen LogP contribution in [0.1, 0.15) is 31.9 Å². The fraction of sp³-hybridized carbons (Fsp3) is 0.529. The van der Waals surface area contributed by atoms with Crippen LogP contribution in [-0.2, 0) is 5.66 Å². The van der Waals surface area contributed by atoms with Crippen molar-refractivity contribution in [2.24, 2.45) is 0 Å². The summed E-state index contributed by atoms with van der Waals surface area (Å²) in [5.74, 6) is 0. The highest BCUT2D eigenvalue weighted by molar-refractivity contribution is 5.26. The van der Waals surface area contributed by atoms with Gasteiger partial charge in [-0.2, -0.15) is 5.10 Å². The molecule has 1 aromatic carbocycles. The summed E-state index contributed by atoms with van der Waals surface area (Å²) in [6, 6.07) is 9.58. The number of aliphatic hydroxyl groups excluding tert-OH is 1. The molecule has 130 valence electrons. The standard InChI is InChI=1S/C17H25N5O2/c1-3-15(13(2)23)22-16(24)21(12-20-22)17(11-18-9-10-19-17)14-7-5-4-6-8-14/h4-8,12-13,15,18-19,23H,3,9-11H2,1-2H3. The lowest BCUT2D eigenvalue weighted by molar-refractivity contribution is 0.116. The molecule has 0 amide bonds. The molecular formula is C17H25N5O2. The topological polar surface area (TPSA) is 84.1 Å². The second-order valence-electron chi connectivity index (χ2n) is 6.27. The number of hydrogen-bond donors (Lipinski definition) is 3. The van der Waals surface area contributed by atoms with Gasteiger partial charge in [0.2, 0.25) is 0 Å². The lowest BCUT2D eigenvalue weighted by Gasteiger charge is -2.39. The highest BCUT2D eigenvalue weighted by Gasteiger charge is 2.38. The average molecular weight is 331 g/mol. The third-order valence-electron chi connectivity index (χ3n) is 4.75. The van der Waals surface area contributed by atoms with Gasteiger partial charge in [0, 0.05) is 19.6 Å². The number of rotatable bonds is 5. The van der Waals surface area contributed by atoms with Gasteiger partial charge in [-0.3, -0.25) is 9.88 Å². The van der Waals surface area contributed by atoms with Gasteiger partial charge >= 0.3 is 5.69 Å². The first-order valence-electron chi connectivity index (χ1n) is 8.46. The van der Waals surface area contributed by atoms with E-state index in [4.69, 9.17) is 0 Å². The van der Waals surface area contributed by atoms with E-state index in [2.05, 4.69) is 15.7 Å². The van der Waals surface area contributed by atoms with Gasteiger partial charge in [-0.1, -0.05) is 37.3 Å². The predicted molar refractivity (Wildman–Crippen MR) is 91.9 cm³/mol. The zero-order chi connectivity index (χ0) is 17.2. The third kappa shape index (κ3) is 2.79. The van der Waals surface area contributed by atoms with Gasteiger partial charge in [-0.05, 0) is 18.9 Å². The average Bonchev–Trinajstić information content (AvgIpc) is 2.99. The molecule has 3 N–H and O–H groups in total. The number of aromatic nitrogens is 3. The summed E-state index contributed by atoms with van der Waals surface area (Å²) in [7, 11) is 0. The van der Waals surface area contributed by atoms with Gasteiger partial charge in [-0.25, -0.2) is 9.48 Å². The Morgan fingerprint density at radius 2 is 2.08 bits per heavy atom. The minimum absolute atomic E-state index is 0.220. The molecule has 0 aliphatic carbocycles. The summed E-state index contributed by atoms with van der Waals surface area (Å²) in [6.45, 7) is 5.82. The molecule has 24 heavy (non-hydrogen) atoms. The summed E-state index contributed by atoms with van der Waals surface area (Å²) >= 11 is 0. The summed E-state index contributed by atoms with van der Waals surface area (Å²) < 4.78 is 3.03. The maximum Gasteiger partial charge on any atom is 0.347 e. The highest BCUT2D eigenvalue weighted by Crippen LogP contribution is 2.23. The van der Waals surface area contributed by atoms with E-state index < -0.39 is 11.8 Å². The summed E-state index contributed by atoms with van der Waals surface area (Å²) in [5, 5.41) is 21.1. The van der Waals surface area contributed by atoms with E-state index >= 15 is 0 Å². The van der Waals surface area contributed by atoms with E-state index in [-0.39, 0.29) is 11.7 Å². The molecule has 7 heteroatoms. The molecule has 1 saturated heterocycles. The first-order chi connectivity index (χ1) is 11.6. The minimum atomic E-state index is -0.675. The molecule has 1 aromatic heterocycles. The van der Waals surface area contributed by atoms with Crippen LogP contribution in [0.25, 0.3) is 0 Å². The van der Waals surface area contributed by atoms with Gasteiger partial charge in [-0.15, -0.1) is 0 Å². The quantitative estimate of drug-likeness (QED) is 0.732. The Morgan fingerprint density at radius 3 is 2.67 bits per heavy atom. The number of aliphatic hydroxyl groups is 1. The molecule has 1 fully saturated rings. The van der Waals surface area contributed by atoms with Gasteiger partial charge in [0.15, 0.2) is 0 Å². The van der Waals surface area contributed by atoms with E-state index in [1.807, 2.05) is 37.3 Å². The Bertz CT molecular complexity index is 716. The van der Waals surface area contributed by atoms with E-state index in [1.165, 1.54) is 4.68 Å². The molecule has 2 heterocycles. The molecule has 1 aliphatic rings. The van der Waals surface area contributed by atoms with Crippen molar-refractivity contribution in [3.8, 4) is 0 Å². The van der Waals surface area contributed by atoms with Crippen LogP contribution in [0.3, 0.4) is 0 Å². The van der Waals surface area contributed by atoms with Gasteiger partial charge in [0.05, 0.1) is 12.1 Å². The van der Waals surface area contributed by atoms with Crippen molar-refractivity contribution in [2.45, 2.75) is 38.1 Å². The van der Waals surface area contributed by atoms with Crippen LogP contribution in [0, 0.1) is 0 Å². The summed E-state index contributed by atoms with van der Waals surface area (Å²) in [5.41, 5.74) is 0.109. The van der Waals surface area contributed by atoms with Crippen LogP contribution < -0.4 is 16.3 Å². The van der Waals surface area contributed by atoms with Crippen LogP contribution in [0.2, 0.25) is 0 Å². The van der Waals surface area contributed by atoms with E-state index in [0.717, 1.165) is 18.7 Å². The maximum absolute atomic E-state index is 13.0. The molecule has 3 atom stereocenters. The molecule has 3 unspecified atom stereocenters. The molecule has 7 nitrogen and oxygen atoms in total. The normalized spacial score (nSPS) is 23.8. The molecule has 2 aromatic rings. The second-order valence-corrected chi connectivity index (χ2v) is 6.27. The molecular weight excluding hydrogens is 306 g/mol. The van der Waals surface area contributed by atoms with Crippen molar-refractivity contribution in [1.82, 2.24) is 25.0 Å². The Kier molecular flexibility index (Phi) is 4.84. The minimum Gasteiger partial charge on any atom is -0.391 e. The van der Waals surface area contributed by atoms with Crippen molar-refractivity contribution >= 4 is 0 Å². The van der Waals surface area contributed by atoms with Crippen LogP contribution in [0.15, 0.2) is 41.5 Å². The van der Waals surface area contributed by atoms with Crippen molar-refractivity contribution < 1.29 is 5.11 Å². The largest absolute Gasteiger partial charge is 0.391 e. The lowest BCUT2D eigenvalue weighted by atomic mass is 9.97. The SMILES string of the molecule is CCC(C(C)O)n1ncn(C2(c3ccccc3)CNCCN2)c1=O. The molecule has 0 spiro atoms. The van der Waals surface area contributed by atoms with E-state index in [9.17, 15) is 9.90 Å². The maximum atomic E-state index is 13.0. The van der Waals surface area contributed by atoms with Crippen molar-refractivity contribution in [1.29, 1.82) is 0 Å². The summed E-state index contributed by atoms with van der Waals surface area (Å²) in [4.78, 5) is 13.0. The Labute approximate surface area is 141 Å². The number of nitrogens with one attached hydrogen (secondary N) is 2. The van der Waals surface area contributed by atoms with Gasteiger partial charge in [0.25, 0.3) is 0 Å². The fourth-order valence-electron chi connectivity index (χ4n) is 3.44. The molecule has 1 aliphatic heterocycles. The predicted octanol–water partition coefficient (Wildman–Crippen LogP) is 0.271. The molecule has 0 radical (unpaired) electrons. The third-order valence-corrected chi connectivity index (χ3v) is 4.75. The number of hydrogen-bond acceptors (Lipinski definition) is 5. The number of piperazine rings is 1. The van der Waals surface area contributed by atoms with Gasteiger partial charge < -0.3 is 10.4 Å². The highest BCUT2D eigenvalue weighted by atomic mass is 16.3.